The number of Topliss-reactive ketones (excluding diaryl/α,β-unsaturated/α-hetero) is 1. The Morgan fingerprint density at radius 2 is 2.07 bits per heavy atom. The lowest BCUT2D eigenvalue weighted by molar-refractivity contribution is -0.147. The first-order valence-corrected chi connectivity index (χ1v) is 5.02. The summed E-state index contributed by atoms with van der Waals surface area (Å²) in [5.41, 5.74) is 0.963. The number of esters is 1. The van der Waals surface area contributed by atoms with E-state index < -0.39 is 6.10 Å². The maximum atomic E-state index is 11.7. The van der Waals surface area contributed by atoms with Crippen LogP contribution >= 0.6 is 0 Å². The average molecular weight is 204 g/mol. The zero-order valence-corrected chi connectivity index (χ0v) is 8.31. The van der Waals surface area contributed by atoms with Crippen molar-refractivity contribution in [3.63, 3.8) is 0 Å². The van der Waals surface area contributed by atoms with Crippen LogP contribution in [0, 0.1) is 0 Å². The smallest absolute Gasteiger partial charge is 0.306 e. The highest BCUT2D eigenvalue weighted by atomic mass is 16.6. The predicted molar refractivity (Wildman–Crippen MR) is 54.3 cm³/mol. The second-order valence-corrected chi connectivity index (χ2v) is 3.65. The van der Waals surface area contributed by atoms with Crippen LogP contribution in [0.2, 0.25) is 0 Å². The minimum Gasteiger partial charge on any atom is -0.454 e. The van der Waals surface area contributed by atoms with E-state index in [1.165, 1.54) is 0 Å². The lowest BCUT2D eigenvalue weighted by atomic mass is 10.0. The third-order valence-corrected chi connectivity index (χ3v) is 2.46. The molecule has 0 amide bonds. The number of carbonyl (C=O) groups excluding carboxylic acids is 2. The predicted octanol–water partition coefficient (Wildman–Crippen LogP) is 1.50. The molecule has 0 spiro atoms. The molecule has 0 aliphatic carbocycles. The Balaban J connectivity index is 1.96. The van der Waals surface area contributed by atoms with E-state index >= 15 is 0 Å². The second-order valence-electron chi connectivity index (χ2n) is 3.65. The Morgan fingerprint density at radius 1 is 1.33 bits per heavy atom. The Morgan fingerprint density at radius 3 is 2.67 bits per heavy atom. The van der Waals surface area contributed by atoms with E-state index in [0.717, 1.165) is 5.56 Å². The summed E-state index contributed by atoms with van der Waals surface area (Å²) >= 11 is 0. The van der Waals surface area contributed by atoms with Crippen molar-refractivity contribution in [3.8, 4) is 0 Å². The van der Waals surface area contributed by atoms with Gasteiger partial charge >= 0.3 is 5.97 Å². The molecule has 78 valence electrons. The van der Waals surface area contributed by atoms with Crippen molar-refractivity contribution in [2.75, 3.05) is 0 Å². The third kappa shape index (κ3) is 2.43. The van der Waals surface area contributed by atoms with E-state index in [0.29, 0.717) is 19.3 Å². The maximum absolute atomic E-state index is 11.7. The fraction of sp³-hybridized carbons (Fsp3) is 0.333. The van der Waals surface area contributed by atoms with Gasteiger partial charge in [-0.3, -0.25) is 9.59 Å². The van der Waals surface area contributed by atoms with Crippen molar-refractivity contribution in [2.24, 2.45) is 0 Å². The molecular formula is C12H12O3. The minimum absolute atomic E-state index is 0.00736. The quantitative estimate of drug-likeness (QED) is 0.701. The molecule has 0 bridgehead atoms. The van der Waals surface area contributed by atoms with Gasteiger partial charge in [0.2, 0.25) is 0 Å². The van der Waals surface area contributed by atoms with Crippen LogP contribution in [0.4, 0.5) is 0 Å². The summed E-state index contributed by atoms with van der Waals surface area (Å²) in [6.07, 6.45) is 0.729. The fourth-order valence-electron chi connectivity index (χ4n) is 1.66. The normalized spacial score (nSPS) is 20.0. The van der Waals surface area contributed by atoms with E-state index in [2.05, 4.69) is 0 Å². The van der Waals surface area contributed by atoms with Crippen molar-refractivity contribution < 1.29 is 14.3 Å². The van der Waals surface area contributed by atoms with Gasteiger partial charge in [-0.1, -0.05) is 30.3 Å². The average Bonchev–Trinajstić information content (AvgIpc) is 2.66. The second kappa shape index (κ2) is 4.26. The van der Waals surface area contributed by atoms with E-state index in [1.807, 2.05) is 30.3 Å². The van der Waals surface area contributed by atoms with Crippen LogP contribution in [0.25, 0.3) is 0 Å². The van der Waals surface area contributed by atoms with Gasteiger partial charge in [0.15, 0.2) is 11.9 Å². The summed E-state index contributed by atoms with van der Waals surface area (Å²) in [6, 6.07) is 9.49. The van der Waals surface area contributed by atoms with Gasteiger partial charge in [0.1, 0.15) is 0 Å². The molecule has 2 rings (SSSR count). The molecule has 3 nitrogen and oxygen atoms in total. The van der Waals surface area contributed by atoms with Gasteiger partial charge in [-0.05, 0) is 5.56 Å². The summed E-state index contributed by atoms with van der Waals surface area (Å²) < 4.78 is 4.91. The summed E-state index contributed by atoms with van der Waals surface area (Å²) in [7, 11) is 0. The number of ether oxygens (including phenoxy) is 1. The van der Waals surface area contributed by atoms with Crippen molar-refractivity contribution in [2.45, 2.75) is 25.4 Å². The van der Waals surface area contributed by atoms with Crippen LogP contribution < -0.4 is 0 Å². The molecule has 0 radical (unpaired) electrons. The largest absolute Gasteiger partial charge is 0.454 e. The number of hydrogen-bond acceptors (Lipinski definition) is 3. The standard InChI is InChI=1S/C12H12O3/c13-10(11-6-7-12(14)15-11)8-9-4-2-1-3-5-9/h1-5,11H,6-8H2/t11-/m0/s1. The number of benzene rings is 1. The number of carbonyl (C=O) groups is 2. The molecule has 1 aromatic rings. The van der Waals surface area contributed by atoms with Gasteiger partial charge in [-0.15, -0.1) is 0 Å². The molecule has 1 aliphatic heterocycles. The fourth-order valence-corrected chi connectivity index (χ4v) is 1.66. The van der Waals surface area contributed by atoms with Crippen LogP contribution in [-0.2, 0) is 20.7 Å². The molecule has 0 saturated carbocycles. The molecule has 0 unspecified atom stereocenters. The van der Waals surface area contributed by atoms with Crippen molar-refractivity contribution in [1.29, 1.82) is 0 Å². The highest BCUT2D eigenvalue weighted by Gasteiger charge is 2.29. The monoisotopic (exact) mass is 204 g/mol. The van der Waals surface area contributed by atoms with E-state index in [-0.39, 0.29) is 11.8 Å². The highest BCUT2D eigenvalue weighted by Crippen LogP contribution is 2.16. The maximum Gasteiger partial charge on any atom is 0.306 e. The molecule has 1 heterocycles. The summed E-state index contributed by atoms with van der Waals surface area (Å²) in [5, 5.41) is 0. The van der Waals surface area contributed by atoms with Gasteiger partial charge in [-0.2, -0.15) is 0 Å². The molecule has 0 N–H and O–H groups in total. The number of cyclic esters (lactones) is 1. The minimum atomic E-state index is -0.516. The number of hydrogen-bond donors (Lipinski definition) is 0. The summed E-state index contributed by atoms with van der Waals surface area (Å²) in [5.74, 6) is -0.270. The van der Waals surface area contributed by atoms with Crippen LogP contribution in [0.3, 0.4) is 0 Å². The Hall–Kier alpha value is -1.64. The van der Waals surface area contributed by atoms with Gasteiger partial charge in [-0.25, -0.2) is 0 Å². The van der Waals surface area contributed by atoms with Crippen molar-refractivity contribution in [3.05, 3.63) is 35.9 Å². The van der Waals surface area contributed by atoms with Crippen molar-refractivity contribution in [1.82, 2.24) is 0 Å². The zero-order valence-electron chi connectivity index (χ0n) is 8.31. The Labute approximate surface area is 88.1 Å². The number of ketones is 1. The Bertz CT molecular complexity index is 370. The van der Waals surface area contributed by atoms with Gasteiger partial charge < -0.3 is 4.74 Å². The molecule has 1 aromatic carbocycles. The van der Waals surface area contributed by atoms with Gasteiger partial charge in [0.05, 0.1) is 0 Å². The molecule has 1 atom stereocenters. The van der Waals surface area contributed by atoms with E-state index in [1.54, 1.807) is 0 Å². The first kappa shape index (κ1) is 9.90. The third-order valence-electron chi connectivity index (χ3n) is 2.46. The molecule has 0 aromatic heterocycles. The molecule has 1 fully saturated rings. The van der Waals surface area contributed by atoms with E-state index in [9.17, 15) is 9.59 Å². The first-order valence-electron chi connectivity index (χ1n) is 5.02. The Kier molecular flexibility index (Phi) is 2.81. The molecular weight excluding hydrogens is 192 g/mol. The SMILES string of the molecule is O=C1CC[C@@H](C(=O)Cc2ccccc2)O1. The van der Waals surface area contributed by atoms with Gasteiger partial charge in [0.25, 0.3) is 0 Å². The molecule has 1 saturated heterocycles. The van der Waals surface area contributed by atoms with Crippen LogP contribution in [0.5, 0.6) is 0 Å². The zero-order chi connectivity index (χ0) is 10.7. The lowest BCUT2D eigenvalue weighted by Gasteiger charge is -2.07. The summed E-state index contributed by atoms with van der Waals surface area (Å²) in [4.78, 5) is 22.5. The highest BCUT2D eigenvalue weighted by molar-refractivity contribution is 5.89. The lowest BCUT2D eigenvalue weighted by Crippen LogP contribution is -2.22. The van der Waals surface area contributed by atoms with Crippen LogP contribution in [0.1, 0.15) is 18.4 Å². The molecule has 1 aliphatic rings. The van der Waals surface area contributed by atoms with Crippen molar-refractivity contribution >= 4 is 11.8 Å². The topological polar surface area (TPSA) is 43.4 Å². The van der Waals surface area contributed by atoms with Crippen LogP contribution in [-0.4, -0.2) is 17.9 Å². The number of rotatable bonds is 3. The van der Waals surface area contributed by atoms with Gasteiger partial charge in [0, 0.05) is 19.3 Å². The molecule has 3 heteroatoms. The summed E-state index contributed by atoms with van der Waals surface area (Å²) in [6.45, 7) is 0. The first-order chi connectivity index (χ1) is 7.25. The van der Waals surface area contributed by atoms with E-state index in [4.69, 9.17) is 4.74 Å². The molecule has 15 heavy (non-hydrogen) atoms. The van der Waals surface area contributed by atoms with Crippen LogP contribution in [0.15, 0.2) is 30.3 Å².